The van der Waals surface area contributed by atoms with E-state index in [1.165, 1.54) is 5.56 Å². The molecule has 0 saturated heterocycles. The Morgan fingerprint density at radius 1 is 1.32 bits per heavy atom. The van der Waals surface area contributed by atoms with Gasteiger partial charge in [-0.25, -0.2) is 4.79 Å². The molecule has 0 N–H and O–H groups in total. The van der Waals surface area contributed by atoms with Crippen LogP contribution in [-0.2, 0) is 9.53 Å². The van der Waals surface area contributed by atoms with Crippen LogP contribution in [0.5, 0.6) is 5.75 Å². The minimum absolute atomic E-state index is 0.0669. The van der Waals surface area contributed by atoms with Gasteiger partial charge in [0.1, 0.15) is 11.9 Å². The molecule has 1 heterocycles. The molecule has 2 unspecified atom stereocenters. The molecule has 100 valence electrons. The van der Waals surface area contributed by atoms with Crippen molar-refractivity contribution in [1.82, 2.24) is 0 Å². The lowest BCUT2D eigenvalue weighted by Crippen LogP contribution is -2.20. The Labute approximate surface area is 113 Å². The molecule has 0 aromatic heterocycles. The summed E-state index contributed by atoms with van der Waals surface area (Å²) in [6.07, 6.45) is 0.792. The Morgan fingerprint density at radius 2 is 2.05 bits per heavy atom. The van der Waals surface area contributed by atoms with Crippen LogP contribution < -0.4 is 4.74 Å². The van der Waals surface area contributed by atoms with Crippen LogP contribution in [0, 0.1) is 6.92 Å². The first-order valence-electron chi connectivity index (χ1n) is 6.63. The molecular formula is C16H18O3. The number of esters is 1. The number of methoxy groups -OCH3 is 1. The molecule has 3 nitrogen and oxygen atoms in total. The van der Waals surface area contributed by atoms with Gasteiger partial charge in [0.05, 0.1) is 7.11 Å². The van der Waals surface area contributed by atoms with Gasteiger partial charge < -0.3 is 9.47 Å². The Balaban J connectivity index is 2.24. The lowest BCUT2D eigenvalue weighted by atomic mass is 9.77. The number of hydrogen-bond acceptors (Lipinski definition) is 3. The van der Waals surface area contributed by atoms with Crippen molar-refractivity contribution in [2.45, 2.75) is 39.2 Å². The molecule has 0 amide bonds. The maximum absolute atomic E-state index is 11.8. The Kier molecular flexibility index (Phi) is 2.66. The molecule has 2 aliphatic rings. The standard InChI is InChI=1S/C16H18O3/c1-8-6-14-15(10(3)16(17)19-14)12-5-9(2)13(18-4)7-11(8)12/h5,7-8,14H,6H2,1-4H3. The van der Waals surface area contributed by atoms with E-state index < -0.39 is 0 Å². The molecule has 0 bridgehead atoms. The van der Waals surface area contributed by atoms with Gasteiger partial charge in [-0.05, 0) is 55.0 Å². The van der Waals surface area contributed by atoms with Crippen LogP contribution in [0.4, 0.5) is 0 Å². The molecule has 0 saturated carbocycles. The molecule has 19 heavy (non-hydrogen) atoms. The van der Waals surface area contributed by atoms with Gasteiger partial charge in [-0.3, -0.25) is 0 Å². The van der Waals surface area contributed by atoms with Crippen molar-refractivity contribution in [2.24, 2.45) is 0 Å². The number of hydrogen-bond donors (Lipinski definition) is 0. The average Bonchev–Trinajstić information content (AvgIpc) is 2.64. The number of carbonyl (C=O) groups excluding carboxylic acids is 1. The minimum atomic E-state index is -0.173. The molecule has 3 rings (SSSR count). The number of benzene rings is 1. The van der Waals surface area contributed by atoms with Gasteiger partial charge >= 0.3 is 5.97 Å². The highest BCUT2D eigenvalue weighted by Gasteiger charge is 2.38. The van der Waals surface area contributed by atoms with Crippen molar-refractivity contribution in [3.63, 3.8) is 0 Å². The van der Waals surface area contributed by atoms with Crippen LogP contribution in [0.2, 0.25) is 0 Å². The van der Waals surface area contributed by atoms with Crippen molar-refractivity contribution < 1.29 is 14.3 Å². The summed E-state index contributed by atoms with van der Waals surface area (Å²) in [6.45, 7) is 6.06. The summed E-state index contributed by atoms with van der Waals surface area (Å²) in [5, 5.41) is 0. The van der Waals surface area contributed by atoms with E-state index in [1.807, 2.05) is 13.8 Å². The molecular weight excluding hydrogens is 240 g/mol. The predicted octanol–water partition coefficient (Wildman–Crippen LogP) is 3.21. The molecule has 1 aromatic carbocycles. The summed E-state index contributed by atoms with van der Waals surface area (Å²) in [4.78, 5) is 11.8. The number of rotatable bonds is 1. The quantitative estimate of drug-likeness (QED) is 0.726. The monoisotopic (exact) mass is 258 g/mol. The zero-order valence-electron chi connectivity index (χ0n) is 11.7. The lowest BCUT2D eigenvalue weighted by molar-refractivity contribution is -0.139. The Bertz CT molecular complexity index is 598. The highest BCUT2D eigenvalue weighted by molar-refractivity contribution is 6.03. The van der Waals surface area contributed by atoms with E-state index in [1.54, 1.807) is 7.11 Å². The fourth-order valence-corrected chi connectivity index (χ4v) is 3.18. The second-order valence-corrected chi connectivity index (χ2v) is 5.48. The van der Waals surface area contributed by atoms with E-state index in [4.69, 9.17) is 9.47 Å². The van der Waals surface area contributed by atoms with Gasteiger partial charge in [-0.15, -0.1) is 0 Å². The number of aryl methyl sites for hydroxylation is 1. The first-order chi connectivity index (χ1) is 9.02. The third-order valence-corrected chi connectivity index (χ3v) is 4.24. The zero-order chi connectivity index (χ0) is 13.7. The maximum atomic E-state index is 11.8. The van der Waals surface area contributed by atoms with Crippen LogP contribution in [0.15, 0.2) is 17.7 Å². The molecule has 3 heteroatoms. The van der Waals surface area contributed by atoms with Gasteiger partial charge in [0, 0.05) is 11.1 Å². The Morgan fingerprint density at radius 3 is 2.74 bits per heavy atom. The summed E-state index contributed by atoms with van der Waals surface area (Å²) in [6, 6.07) is 4.23. The summed E-state index contributed by atoms with van der Waals surface area (Å²) < 4.78 is 10.9. The normalized spacial score (nSPS) is 24.9. The van der Waals surface area contributed by atoms with E-state index in [0.717, 1.165) is 34.4 Å². The molecule has 0 radical (unpaired) electrons. The van der Waals surface area contributed by atoms with Crippen LogP contribution >= 0.6 is 0 Å². The van der Waals surface area contributed by atoms with Gasteiger partial charge in [-0.1, -0.05) is 6.92 Å². The summed E-state index contributed by atoms with van der Waals surface area (Å²) >= 11 is 0. The van der Waals surface area contributed by atoms with Crippen molar-refractivity contribution in [1.29, 1.82) is 0 Å². The Hall–Kier alpha value is -1.77. The second kappa shape index (κ2) is 4.12. The predicted molar refractivity (Wildman–Crippen MR) is 73.2 cm³/mol. The molecule has 2 atom stereocenters. The zero-order valence-corrected chi connectivity index (χ0v) is 11.7. The van der Waals surface area contributed by atoms with E-state index in [2.05, 4.69) is 19.1 Å². The van der Waals surface area contributed by atoms with Crippen LogP contribution in [0.1, 0.15) is 42.9 Å². The topological polar surface area (TPSA) is 35.5 Å². The first kappa shape index (κ1) is 12.3. The average molecular weight is 258 g/mol. The van der Waals surface area contributed by atoms with E-state index in [-0.39, 0.29) is 12.1 Å². The molecule has 1 aromatic rings. The minimum Gasteiger partial charge on any atom is -0.496 e. The molecule has 0 spiro atoms. The van der Waals surface area contributed by atoms with E-state index in [9.17, 15) is 4.79 Å². The van der Waals surface area contributed by atoms with Gasteiger partial charge in [0.2, 0.25) is 0 Å². The van der Waals surface area contributed by atoms with Gasteiger partial charge in [-0.2, -0.15) is 0 Å². The van der Waals surface area contributed by atoms with Crippen LogP contribution in [0.3, 0.4) is 0 Å². The van der Waals surface area contributed by atoms with Crippen molar-refractivity contribution in [2.75, 3.05) is 7.11 Å². The third kappa shape index (κ3) is 1.68. The van der Waals surface area contributed by atoms with Crippen LogP contribution in [0.25, 0.3) is 5.57 Å². The van der Waals surface area contributed by atoms with Gasteiger partial charge in [0.25, 0.3) is 0 Å². The van der Waals surface area contributed by atoms with Crippen molar-refractivity contribution >= 4 is 11.5 Å². The molecule has 1 aliphatic carbocycles. The lowest BCUT2D eigenvalue weighted by Gasteiger charge is -2.29. The smallest absolute Gasteiger partial charge is 0.334 e. The van der Waals surface area contributed by atoms with Crippen molar-refractivity contribution in [3.8, 4) is 5.75 Å². The fraction of sp³-hybridized carbons (Fsp3) is 0.438. The van der Waals surface area contributed by atoms with E-state index in [0.29, 0.717) is 5.92 Å². The largest absolute Gasteiger partial charge is 0.496 e. The number of ether oxygens (including phenoxy) is 2. The van der Waals surface area contributed by atoms with E-state index >= 15 is 0 Å². The molecule has 1 aliphatic heterocycles. The van der Waals surface area contributed by atoms with Crippen LogP contribution in [-0.4, -0.2) is 19.2 Å². The van der Waals surface area contributed by atoms with Crippen molar-refractivity contribution in [3.05, 3.63) is 34.4 Å². The fourth-order valence-electron chi connectivity index (χ4n) is 3.18. The highest BCUT2D eigenvalue weighted by atomic mass is 16.5. The third-order valence-electron chi connectivity index (χ3n) is 4.24. The summed E-state index contributed by atoms with van der Waals surface area (Å²) in [5.41, 5.74) is 5.33. The molecule has 0 fully saturated rings. The maximum Gasteiger partial charge on any atom is 0.334 e. The highest BCUT2D eigenvalue weighted by Crippen LogP contribution is 2.46. The summed E-state index contributed by atoms with van der Waals surface area (Å²) in [5.74, 6) is 1.11. The number of fused-ring (bicyclic) bond motifs is 3. The summed E-state index contributed by atoms with van der Waals surface area (Å²) in [7, 11) is 1.69. The second-order valence-electron chi connectivity index (χ2n) is 5.48. The van der Waals surface area contributed by atoms with Gasteiger partial charge in [0.15, 0.2) is 0 Å². The SMILES string of the molecule is COc1cc2c(cc1C)C1=C(C)C(=O)OC1CC2C. The first-order valence-corrected chi connectivity index (χ1v) is 6.63. The number of carbonyl (C=O) groups is 1.